The molecule has 2 amide bonds. The maximum absolute atomic E-state index is 11.8. The quantitative estimate of drug-likeness (QED) is 0.721. The third-order valence-corrected chi connectivity index (χ3v) is 3.22. The Balaban J connectivity index is 2.64. The van der Waals surface area contributed by atoms with Crippen LogP contribution in [0.5, 0.6) is 0 Å². The predicted molar refractivity (Wildman–Crippen MR) is 60.7 cm³/mol. The van der Waals surface area contributed by atoms with Gasteiger partial charge in [-0.1, -0.05) is 26.7 Å². The van der Waals surface area contributed by atoms with E-state index in [1.165, 1.54) is 4.90 Å². The lowest BCUT2D eigenvalue weighted by Crippen LogP contribution is -2.48. The zero-order valence-electron chi connectivity index (χ0n) is 10.2. The Morgan fingerprint density at radius 2 is 1.88 bits per heavy atom. The van der Waals surface area contributed by atoms with Gasteiger partial charge in [-0.15, -0.1) is 0 Å². The summed E-state index contributed by atoms with van der Waals surface area (Å²) >= 11 is 0. The summed E-state index contributed by atoms with van der Waals surface area (Å²) < 4.78 is 0. The third-order valence-electron chi connectivity index (χ3n) is 3.22. The molecule has 0 atom stereocenters. The maximum atomic E-state index is 11.8. The average Bonchev–Trinajstić information content (AvgIpc) is 2.21. The van der Waals surface area contributed by atoms with Gasteiger partial charge in [0.05, 0.1) is 13.2 Å². The molecule has 0 saturated carbocycles. The molecule has 4 heteroatoms. The lowest BCUT2D eigenvalue weighted by atomic mass is 9.76. The molecule has 16 heavy (non-hydrogen) atoms. The van der Waals surface area contributed by atoms with E-state index in [1.807, 2.05) is 6.92 Å². The monoisotopic (exact) mass is 227 g/mol. The first-order valence-electron chi connectivity index (χ1n) is 5.96. The summed E-state index contributed by atoms with van der Waals surface area (Å²) in [5.41, 5.74) is -0.171. The van der Waals surface area contributed by atoms with Crippen LogP contribution in [-0.4, -0.2) is 35.0 Å². The second-order valence-electron chi connectivity index (χ2n) is 4.93. The van der Waals surface area contributed by atoms with Crippen LogP contribution in [0.25, 0.3) is 0 Å². The van der Waals surface area contributed by atoms with Crippen LogP contribution in [0.1, 0.15) is 46.0 Å². The van der Waals surface area contributed by atoms with Crippen LogP contribution >= 0.6 is 0 Å². The second-order valence-corrected chi connectivity index (χ2v) is 4.93. The number of carbonyl (C=O) groups excluding carboxylic acids is 2. The molecule has 0 unspecified atom stereocenters. The molecule has 1 saturated heterocycles. The van der Waals surface area contributed by atoms with Crippen molar-refractivity contribution < 1.29 is 14.7 Å². The molecule has 0 bridgehead atoms. The molecule has 4 nitrogen and oxygen atoms in total. The van der Waals surface area contributed by atoms with Crippen molar-refractivity contribution in [1.82, 2.24) is 4.90 Å². The number of hydrogen-bond donors (Lipinski definition) is 1. The summed E-state index contributed by atoms with van der Waals surface area (Å²) in [4.78, 5) is 24.7. The second kappa shape index (κ2) is 5.43. The minimum atomic E-state index is -0.171. The number of hydrogen-bond acceptors (Lipinski definition) is 3. The Morgan fingerprint density at radius 3 is 2.31 bits per heavy atom. The number of aliphatic hydroxyl groups is 1. The number of β-amino-alcohol motifs (C(OH)–C–C–N with tert-alkyl or cyclic N) is 1. The van der Waals surface area contributed by atoms with Crippen molar-refractivity contribution in [2.24, 2.45) is 5.41 Å². The standard InChI is InChI=1S/C12H21NO3/c1-3-4-5-12(2)8-10(15)13(6-7-14)11(16)9-12/h14H,3-9H2,1-2H3. The van der Waals surface area contributed by atoms with E-state index in [2.05, 4.69) is 6.92 Å². The first kappa shape index (κ1) is 13.2. The van der Waals surface area contributed by atoms with Gasteiger partial charge in [0.25, 0.3) is 0 Å². The number of rotatable bonds is 5. The van der Waals surface area contributed by atoms with Gasteiger partial charge in [0, 0.05) is 12.8 Å². The topological polar surface area (TPSA) is 57.6 Å². The first-order chi connectivity index (χ1) is 7.52. The molecule has 1 fully saturated rings. The summed E-state index contributed by atoms with van der Waals surface area (Å²) in [5.74, 6) is -0.271. The SMILES string of the molecule is CCCCC1(C)CC(=O)N(CCO)C(=O)C1. The Hall–Kier alpha value is -0.900. The summed E-state index contributed by atoms with van der Waals surface area (Å²) in [6, 6.07) is 0. The highest BCUT2D eigenvalue weighted by molar-refractivity contribution is 5.98. The van der Waals surface area contributed by atoms with Crippen LogP contribution in [0.3, 0.4) is 0 Å². The largest absolute Gasteiger partial charge is 0.395 e. The van der Waals surface area contributed by atoms with E-state index in [4.69, 9.17) is 5.11 Å². The van der Waals surface area contributed by atoms with Gasteiger partial charge in [0.2, 0.25) is 11.8 Å². The van der Waals surface area contributed by atoms with Gasteiger partial charge in [-0.05, 0) is 11.8 Å². The summed E-state index contributed by atoms with van der Waals surface area (Å²) in [6.45, 7) is 4.10. The van der Waals surface area contributed by atoms with Crippen LogP contribution in [0, 0.1) is 5.41 Å². The number of imide groups is 1. The fourth-order valence-corrected chi connectivity index (χ4v) is 2.25. The smallest absolute Gasteiger partial charge is 0.229 e. The predicted octanol–water partition coefficient (Wildman–Crippen LogP) is 1.32. The number of amides is 2. The normalized spacial score (nSPS) is 20.3. The molecular weight excluding hydrogens is 206 g/mol. The van der Waals surface area contributed by atoms with Crippen LogP contribution in [-0.2, 0) is 9.59 Å². The van der Waals surface area contributed by atoms with Crippen LogP contribution in [0.4, 0.5) is 0 Å². The summed E-state index contributed by atoms with van der Waals surface area (Å²) in [5, 5.41) is 8.78. The molecule has 92 valence electrons. The van der Waals surface area contributed by atoms with E-state index in [9.17, 15) is 9.59 Å². The zero-order chi connectivity index (χ0) is 12.2. The summed E-state index contributed by atoms with van der Waals surface area (Å²) in [6.07, 6.45) is 3.92. The van der Waals surface area contributed by atoms with Crippen molar-refractivity contribution in [1.29, 1.82) is 0 Å². The number of nitrogens with zero attached hydrogens (tertiary/aromatic N) is 1. The molecular formula is C12H21NO3. The van der Waals surface area contributed by atoms with Crippen molar-refractivity contribution in [3.8, 4) is 0 Å². The molecule has 0 radical (unpaired) electrons. The van der Waals surface area contributed by atoms with Crippen LogP contribution < -0.4 is 0 Å². The molecule has 0 aromatic carbocycles. The molecule has 0 spiro atoms. The Morgan fingerprint density at radius 1 is 1.31 bits per heavy atom. The lowest BCUT2D eigenvalue weighted by molar-refractivity contribution is -0.153. The number of aliphatic hydroxyl groups excluding tert-OH is 1. The first-order valence-corrected chi connectivity index (χ1v) is 5.96. The van der Waals surface area contributed by atoms with E-state index < -0.39 is 0 Å². The number of piperidine rings is 1. The van der Waals surface area contributed by atoms with Crippen LogP contribution in [0.15, 0.2) is 0 Å². The van der Waals surface area contributed by atoms with Gasteiger partial charge in [-0.3, -0.25) is 14.5 Å². The maximum Gasteiger partial charge on any atom is 0.229 e. The van der Waals surface area contributed by atoms with Crippen molar-refractivity contribution in [2.45, 2.75) is 46.0 Å². The number of carbonyl (C=O) groups is 2. The average molecular weight is 227 g/mol. The molecule has 1 rings (SSSR count). The Labute approximate surface area is 96.6 Å². The van der Waals surface area contributed by atoms with Gasteiger partial charge in [-0.2, -0.15) is 0 Å². The highest BCUT2D eigenvalue weighted by Crippen LogP contribution is 2.36. The van der Waals surface area contributed by atoms with E-state index in [1.54, 1.807) is 0 Å². The minimum Gasteiger partial charge on any atom is -0.395 e. The van der Waals surface area contributed by atoms with Crippen molar-refractivity contribution >= 4 is 11.8 Å². The minimum absolute atomic E-state index is 0.135. The zero-order valence-corrected chi connectivity index (χ0v) is 10.2. The lowest BCUT2D eigenvalue weighted by Gasteiger charge is -2.37. The van der Waals surface area contributed by atoms with Gasteiger partial charge < -0.3 is 5.11 Å². The number of unbranched alkanes of at least 4 members (excludes halogenated alkanes) is 1. The number of likely N-dealkylation sites (tertiary alicyclic amines) is 1. The van der Waals surface area contributed by atoms with Gasteiger partial charge >= 0.3 is 0 Å². The molecule has 1 N–H and O–H groups in total. The molecule has 0 aromatic heterocycles. The van der Waals surface area contributed by atoms with E-state index in [0.29, 0.717) is 12.8 Å². The van der Waals surface area contributed by atoms with Crippen molar-refractivity contribution in [2.75, 3.05) is 13.2 Å². The van der Waals surface area contributed by atoms with Crippen LogP contribution in [0.2, 0.25) is 0 Å². The molecule has 1 aliphatic rings. The van der Waals surface area contributed by atoms with Gasteiger partial charge in [0.1, 0.15) is 0 Å². The fourth-order valence-electron chi connectivity index (χ4n) is 2.25. The highest BCUT2D eigenvalue weighted by Gasteiger charge is 2.39. The highest BCUT2D eigenvalue weighted by atomic mass is 16.3. The van der Waals surface area contributed by atoms with Crippen molar-refractivity contribution in [3.05, 3.63) is 0 Å². The van der Waals surface area contributed by atoms with E-state index >= 15 is 0 Å². The molecule has 0 aromatic rings. The van der Waals surface area contributed by atoms with E-state index in [0.717, 1.165) is 19.3 Å². The summed E-state index contributed by atoms with van der Waals surface area (Å²) in [7, 11) is 0. The van der Waals surface area contributed by atoms with E-state index in [-0.39, 0.29) is 30.4 Å². The van der Waals surface area contributed by atoms with Gasteiger partial charge in [-0.25, -0.2) is 0 Å². The third kappa shape index (κ3) is 3.04. The molecule has 1 heterocycles. The fraction of sp³-hybridized carbons (Fsp3) is 0.833. The van der Waals surface area contributed by atoms with Gasteiger partial charge in [0.15, 0.2) is 0 Å². The molecule has 0 aliphatic carbocycles. The Bertz CT molecular complexity index is 257. The van der Waals surface area contributed by atoms with Crippen molar-refractivity contribution in [3.63, 3.8) is 0 Å². The Kier molecular flexibility index (Phi) is 4.47. The molecule has 1 aliphatic heterocycles.